The fraction of sp³-hybridized carbons (Fsp3) is 0.500. The maximum atomic E-state index is 9.80. The number of ether oxygens (including phenoxy) is 1. The van der Waals surface area contributed by atoms with Crippen LogP contribution in [0, 0.1) is 6.92 Å². The van der Waals surface area contributed by atoms with Crippen LogP contribution in [0.2, 0.25) is 0 Å². The highest BCUT2D eigenvalue weighted by Gasteiger charge is 2.09. The molecular weight excluding hydrogens is 190 g/mol. The summed E-state index contributed by atoms with van der Waals surface area (Å²) in [4.78, 5) is 0. The molecule has 0 saturated heterocycles. The van der Waals surface area contributed by atoms with Gasteiger partial charge in [0.05, 0.1) is 12.7 Å². The second-order valence-electron chi connectivity index (χ2n) is 3.54. The Balaban J connectivity index is 2.82. The minimum Gasteiger partial charge on any atom is -0.494 e. The monoisotopic (exact) mass is 209 g/mol. The fourth-order valence-corrected chi connectivity index (χ4v) is 1.59. The van der Waals surface area contributed by atoms with Gasteiger partial charge in [0.2, 0.25) is 0 Å². The van der Waals surface area contributed by atoms with E-state index >= 15 is 0 Å². The molecule has 0 radical (unpaired) electrons. The smallest absolute Gasteiger partial charge is 0.119 e. The molecule has 0 aliphatic heterocycles. The highest BCUT2D eigenvalue weighted by Crippen LogP contribution is 2.24. The number of benzene rings is 1. The van der Waals surface area contributed by atoms with Crippen molar-refractivity contribution in [3.8, 4) is 5.75 Å². The summed E-state index contributed by atoms with van der Waals surface area (Å²) in [6.07, 6.45) is 0.125. The molecule has 0 aromatic heterocycles. The molecule has 0 aliphatic carbocycles. The van der Waals surface area contributed by atoms with Gasteiger partial charge in [0.1, 0.15) is 5.75 Å². The number of nitrogens with two attached hydrogens (primary N) is 1. The molecular formula is C12H19NO2. The van der Waals surface area contributed by atoms with E-state index < -0.39 is 6.10 Å². The van der Waals surface area contributed by atoms with Crippen molar-refractivity contribution < 1.29 is 9.84 Å². The van der Waals surface area contributed by atoms with Crippen molar-refractivity contribution in [1.82, 2.24) is 0 Å². The van der Waals surface area contributed by atoms with E-state index in [1.807, 2.05) is 32.0 Å². The molecule has 0 spiro atoms. The van der Waals surface area contributed by atoms with E-state index in [4.69, 9.17) is 10.5 Å². The summed E-state index contributed by atoms with van der Waals surface area (Å²) < 4.78 is 5.38. The Morgan fingerprint density at radius 3 is 2.73 bits per heavy atom. The molecule has 1 aromatic carbocycles. The molecule has 3 nitrogen and oxygen atoms in total. The Hall–Kier alpha value is -1.06. The van der Waals surface area contributed by atoms with Gasteiger partial charge >= 0.3 is 0 Å². The average Bonchev–Trinajstić information content (AvgIpc) is 2.18. The van der Waals surface area contributed by atoms with E-state index in [9.17, 15) is 5.11 Å². The third-order valence-corrected chi connectivity index (χ3v) is 2.35. The Kier molecular flexibility index (Phi) is 4.59. The van der Waals surface area contributed by atoms with Crippen LogP contribution >= 0.6 is 0 Å². The lowest BCUT2D eigenvalue weighted by atomic mass is 10.0. The van der Waals surface area contributed by atoms with E-state index in [0.717, 1.165) is 16.9 Å². The molecule has 0 aliphatic rings. The molecule has 84 valence electrons. The van der Waals surface area contributed by atoms with Crippen molar-refractivity contribution in [3.05, 3.63) is 29.3 Å². The third-order valence-electron chi connectivity index (χ3n) is 2.35. The zero-order valence-corrected chi connectivity index (χ0v) is 9.36. The van der Waals surface area contributed by atoms with Crippen LogP contribution in [0.5, 0.6) is 5.75 Å². The lowest BCUT2D eigenvalue weighted by molar-refractivity contribution is 0.169. The number of hydrogen-bond donors (Lipinski definition) is 2. The number of aliphatic hydroxyl groups is 1. The molecule has 0 saturated carbocycles. The minimum atomic E-state index is -0.467. The van der Waals surface area contributed by atoms with Crippen LogP contribution in [0.1, 0.15) is 30.6 Å². The van der Waals surface area contributed by atoms with Crippen LogP contribution < -0.4 is 10.5 Å². The zero-order chi connectivity index (χ0) is 11.3. The van der Waals surface area contributed by atoms with Crippen LogP contribution in [0.3, 0.4) is 0 Å². The summed E-state index contributed by atoms with van der Waals surface area (Å²) in [5, 5.41) is 9.80. The summed E-state index contributed by atoms with van der Waals surface area (Å²) in [5.41, 5.74) is 7.39. The molecule has 15 heavy (non-hydrogen) atoms. The van der Waals surface area contributed by atoms with Crippen LogP contribution in [0.15, 0.2) is 18.2 Å². The van der Waals surface area contributed by atoms with Gasteiger partial charge in [-0.15, -0.1) is 0 Å². The van der Waals surface area contributed by atoms with E-state index in [1.165, 1.54) is 0 Å². The first-order chi connectivity index (χ1) is 7.19. The van der Waals surface area contributed by atoms with Gasteiger partial charge < -0.3 is 15.6 Å². The number of aryl methyl sites for hydroxylation is 1. The van der Waals surface area contributed by atoms with Crippen LogP contribution in [0.25, 0.3) is 0 Å². The largest absolute Gasteiger partial charge is 0.494 e. The van der Waals surface area contributed by atoms with E-state index in [2.05, 4.69) is 0 Å². The Labute approximate surface area is 90.9 Å². The van der Waals surface area contributed by atoms with Crippen molar-refractivity contribution in [2.24, 2.45) is 5.73 Å². The Bertz CT molecular complexity index is 312. The predicted octanol–water partition coefficient (Wildman–Crippen LogP) is 1.78. The first kappa shape index (κ1) is 12.0. The molecule has 3 N–H and O–H groups in total. The van der Waals surface area contributed by atoms with E-state index in [-0.39, 0.29) is 0 Å². The standard InChI is InChI=1S/C12H19NO2/c1-3-15-10-4-5-11(9(2)8-10)12(14)6-7-13/h4-5,8,12,14H,3,6-7,13H2,1-2H3/t12-/m0/s1. The number of rotatable bonds is 5. The van der Waals surface area contributed by atoms with Crippen molar-refractivity contribution in [3.63, 3.8) is 0 Å². The second-order valence-corrected chi connectivity index (χ2v) is 3.54. The zero-order valence-electron chi connectivity index (χ0n) is 9.36. The van der Waals surface area contributed by atoms with Gasteiger partial charge in [-0.3, -0.25) is 0 Å². The van der Waals surface area contributed by atoms with E-state index in [1.54, 1.807) is 0 Å². The predicted molar refractivity (Wildman–Crippen MR) is 61.0 cm³/mol. The quantitative estimate of drug-likeness (QED) is 0.777. The maximum absolute atomic E-state index is 9.80. The molecule has 1 atom stereocenters. The summed E-state index contributed by atoms with van der Waals surface area (Å²) >= 11 is 0. The third kappa shape index (κ3) is 3.22. The van der Waals surface area contributed by atoms with Gasteiger partial charge in [0.15, 0.2) is 0 Å². The normalized spacial score (nSPS) is 12.5. The van der Waals surface area contributed by atoms with Crippen LogP contribution in [-0.2, 0) is 0 Å². The Morgan fingerprint density at radius 2 is 2.20 bits per heavy atom. The number of aliphatic hydroxyl groups excluding tert-OH is 1. The molecule has 1 aromatic rings. The summed E-state index contributed by atoms with van der Waals surface area (Å²) in [5.74, 6) is 0.846. The maximum Gasteiger partial charge on any atom is 0.119 e. The molecule has 1 rings (SSSR count). The first-order valence-electron chi connectivity index (χ1n) is 5.30. The fourth-order valence-electron chi connectivity index (χ4n) is 1.59. The Morgan fingerprint density at radius 1 is 1.47 bits per heavy atom. The SMILES string of the molecule is CCOc1ccc([C@@H](O)CCN)c(C)c1. The highest BCUT2D eigenvalue weighted by molar-refractivity contribution is 5.36. The molecule has 0 amide bonds. The molecule has 0 heterocycles. The summed E-state index contributed by atoms with van der Waals surface area (Å²) in [6, 6.07) is 5.73. The number of hydrogen-bond acceptors (Lipinski definition) is 3. The topological polar surface area (TPSA) is 55.5 Å². The van der Waals surface area contributed by atoms with E-state index in [0.29, 0.717) is 19.6 Å². The highest BCUT2D eigenvalue weighted by atomic mass is 16.5. The lowest BCUT2D eigenvalue weighted by Crippen LogP contribution is -2.08. The van der Waals surface area contributed by atoms with Crippen molar-refractivity contribution in [1.29, 1.82) is 0 Å². The summed E-state index contributed by atoms with van der Waals surface area (Å²) in [7, 11) is 0. The van der Waals surface area contributed by atoms with Crippen molar-refractivity contribution in [2.45, 2.75) is 26.4 Å². The summed E-state index contributed by atoms with van der Waals surface area (Å²) in [6.45, 7) is 5.07. The molecule has 0 bridgehead atoms. The average molecular weight is 209 g/mol. The molecule has 3 heteroatoms. The van der Waals surface area contributed by atoms with Gasteiger partial charge in [-0.05, 0) is 50.1 Å². The van der Waals surface area contributed by atoms with Gasteiger partial charge in [0, 0.05) is 0 Å². The van der Waals surface area contributed by atoms with Crippen molar-refractivity contribution >= 4 is 0 Å². The lowest BCUT2D eigenvalue weighted by Gasteiger charge is -2.14. The molecule has 0 unspecified atom stereocenters. The first-order valence-corrected chi connectivity index (χ1v) is 5.30. The molecule has 0 fully saturated rings. The van der Waals surface area contributed by atoms with Crippen molar-refractivity contribution in [2.75, 3.05) is 13.2 Å². The second kappa shape index (κ2) is 5.73. The van der Waals surface area contributed by atoms with Gasteiger partial charge in [-0.25, -0.2) is 0 Å². The van der Waals surface area contributed by atoms with Crippen LogP contribution in [-0.4, -0.2) is 18.3 Å². The van der Waals surface area contributed by atoms with Crippen LogP contribution in [0.4, 0.5) is 0 Å². The van der Waals surface area contributed by atoms with Gasteiger partial charge in [0.25, 0.3) is 0 Å². The minimum absolute atomic E-state index is 0.467. The van der Waals surface area contributed by atoms with Gasteiger partial charge in [-0.2, -0.15) is 0 Å². The van der Waals surface area contributed by atoms with Gasteiger partial charge in [-0.1, -0.05) is 6.07 Å².